The summed E-state index contributed by atoms with van der Waals surface area (Å²) in [7, 11) is 0. The van der Waals surface area contributed by atoms with Crippen molar-refractivity contribution in [2.24, 2.45) is 11.8 Å². The van der Waals surface area contributed by atoms with Crippen LogP contribution in [0.15, 0.2) is 36.4 Å². The number of anilines is 1. The molecule has 1 aromatic carbocycles. The lowest BCUT2D eigenvalue weighted by molar-refractivity contribution is -0.141. The number of carbonyl (C=O) groups is 2. The number of likely N-dealkylation sites (tertiary alicyclic amines) is 1. The van der Waals surface area contributed by atoms with Crippen molar-refractivity contribution in [2.45, 2.75) is 32.1 Å². The number of benzene rings is 1. The number of hydrogen-bond acceptors (Lipinski definition) is 2. The summed E-state index contributed by atoms with van der Waals surface area (Å²) in [5.74, 6) is -1.07. The van der Waals surface area contributed by atoms with Crippen LogP contribution < -0.4 is 5.32 Å². The van der Waals surface area contributed by atoms with Crippen molar-refractivity contribution >= 4 is 17.5 Å². The Morgan fingerprint density at radius 2 is 1.58 bits per heavy atom. The van der Waals surface area contributed by atoms with Crippen molar-refractivity contribution in [3.8, 4) is 0 Å². The molecule has 1 saturated heterocycles. The average Bonchev–Trinajstić information content (AvgIpc) is 2.63. The minimum Gasteiger partial charge on any atom is -0.342 e. The van der Waals surface area contributed by atoms with E-state index in [0.717, 1.165) is 25.9 Å². The minimum absolute atomic E-state index is 0.0957. The number of nitrogens with one attached hydrogen (secondary N) is 1. The van der Waals surface area contributed by atoms with E-state index in [1.165, 1.54) is 30.7 Å². The first kappa shape index (κ1) is 16.7. The van der Waals surface area contributed by atoms with E-state index in [2.05, 4.69) is 5.32 Å². The Morgan fingerprint density at radius 1 is 0.958 bits per heavy atom. The summed E-state index contributed by atoms with van der Waals surface area (Å²) in [4.78, 5) is 27.4. The topological polar surface area (TPSA) is 49.4 Å². The summed E-state index contributed by atoms with van der Waals surface area (Å²) >= 11 is 0. The summed E-state index contributed by atoms with van der Waals surface area (Å²) in [5.41, 5.74) is 0.556. The molecule has 1 N–H and O–H groups in total. The van der Waals surface area contributed by atoms with Gasteiger partial charge in [0.2, 0.25) is 11.8 Å². The third-order valence-electron chi connectivity index (χ3n) is 4.87. The van der Waals surface area contributed by atoms with Gasteiger partial charge < -0.3 is 10.2 Å². The van der Waals surface area contributed by atoms with E-state index in [9.17, 15) is 14.0 Å². The summed E-state index contributed by atoms with van der Waals surface area (Å²) in [5, 5.41) is 2.82. The van der Waals surface area contributed by atoms with Crippen molar-refractivity contribution in [1.29, 1.82) is 0 Å². The summed E-state index contributed by atoms with van der Waals surface area (Å²) in [6.45, 7) is 1.59. The van der Waals surface area contributed by atoms with Gasteiger partial charge in [-0.15, -0.1) is 0 Å². The predicted molar refractivity (Wildman–Crippen MR) is 90.8 cm³/mol. The second-order valence-electron chi connectivity index (χ2n) is 6.54. The number of halogens is 1. The summed E-state index contributed by atoms with van der Waals surface area (Å²) in [6.07, 6.45) is 8.39. The highest BCUT2D eigenvalue weighted by Crippen LogP contribution is 2.29. The molecular formula is C19H23FN2O2. The van der Waals surface area contributed by atoms with Gasteiger partial charge in [-0.05, 0) is 56.4 Å². The number of carbonyl (C=O) groups excluding carboxylic acids is 2. The van der Waals surface area contributed by atoms with Crippen LogP contribution >= 0.6 is 0 Å². The molecule has 1 aliphatic heterocycles. The number of nitrogens with zero attached hydrogens (tertiary/aromatic N) is 1. The molecule has 0 saturated carbocycles. The fraction of sp³-hybridized carbons (Fsp3) is 0.474. The maximum Gasteiger partial charge on any atom is 0.228 e. The smallest absolute Gasteiger partial charge is 0.228 e. The van der Waals surface area contributed by atoms with Crippen LogP contribution in [-0.4, -0.2) is 29.8 Å². The normalized spacial score (nSPS) is 23.8. The van der Waals surface area contributed by atoms with Gasteiger partial charge in [0.1, 0.15) is 5.82 Å². The van der Waals surface area contributed by atoms with Crippen molar-refractivity contribution in [1.82, 2.24) is 4.90 Å². The Kier molecular flexibility index (Phi) is 5.28. The highest BCUT2D eigenvalue weighted by Gasteiger charge is 2.36. The van der Waals surface area contributed by atoms with E-state index in [-0.39, 0.29) is 29.5 Å². The van der Waals surface area contributed by atoms with Gasteiger partial charge >= 0.3 is 0 Å². The first-order valence-corrected chi connectivity index (χ1v) is 8.65. The van der Waals surface area contributed by atoms with Crippen LogP contribution in [0.3, 0.4) is 0 Å². The van der Waals surface area contributed by atoms with Crippen LogP contribution in [0, 0.1) is 17.7 Å². The Morgan fingerprint density at radius 3 is 2.25 bits per heavy atom. The molecule has 2 unspecified atom stereocenters. The van der Waals surface area contributed by atoms with Gasteiger partial charge in [-0.2, -0.15) is 0 Å². The first-order chi connectivity index (χ1) is 11.6. The summed E-state index contributed by atoms with van der Waals surface area (Å²) < 4.78 is 13.0. The SMILES string of the molecule is O=C(Nc1ccc(F)cc1)C1CC=CCC1C(=O)N1CCCCC1. The number of piperidine rings is 1. The molecule has 3 rings (SSSR count). The average molecular weight is 330 g/mol. The van der Waals surface area contributed by atoms with Crippen LogP contribution in [0.25, 0.3) is 0 Å². The zero-order chi connectivity index (χ0) is 16.9. The third kappa shape index (κ3) is 3.83. The van der Waals surface area contributed by atoms with Gasteiger partial charge in [-0.3, -0.25) is 9.59 Å². The molecule has 2 atom stereocenters. The van der Waals surface area contributed by atoms with Gasteiger partial charge in [0.25, 0.3) is 0 Å². The number of hydrogen-bond donors (Lipinski definition) is 1. The maximum atomic E-state index is 13.0. The lowest BCUT2D eigenvalue weighted by Gasteiger charge is -2.34. The Hall–Kier alpha value is -2.17. The highest BCUT2D eigenvalue weighted by molar-refractivity contribution is 5.96. The molecule has 128 valence electrons. The van der Waals surface area contributed by atoms with Crippen LogP contribution in [0.4, 0.5) is 10.1 Å². The van der Waals surface area contributed by atoms with E-state index in [4.69, 9.17) is 0 Å². The zero-order valence-electron chi connectivity index (χ0n) is 13.7. The van der Waals surface area contributed by atoms with Crippen LogP contribution in [0.5, 0.6) is 0 Å². The molecule has 2 aliphatic rings. The lowest BCUT2D eigenvalue weighted by Crippen LogP contribution is -2.45. The highest BCUT2D eigenvalue weighted by atomic mass is 19.1. The number of amides is 2. The van der Waals surface area contributed by atoms with E-state index >= 15 is 0 Å². The summed E-state index contributed by atoms with van der Waals surface area (Å²) in [6, 6.07) is 5.69. The minimum atomic E-state index is -0.366. The Balaban J connectivity index is 1.69. The molecule has 1 fully saturated rings. The Bertz CT molecular complexity index is 621. The lowest BCUT2D eigenvalue weighted by atomic mass is 9.81. The Labute approximate surface area is 141 Å². The van der Waals surface area contributed by atoms with Crippen molar-refractivity contribution in [3.63, 3.8) is 0 Å². The largest absolute Gasteiger partial charge is 0.342 e. The fourth-order valence-corrected chi connectivity index (χ4v) is 3.49. The molecule has 1 aliphatic carbocycles. The monoisotopic (exact) mass is 330 g/mol. The number of rotatable bonds is 3. The van der Waals surface area contributed by atoms with Gasteiger partial charge in [0.15, 0.2) is 0 Å². The number of allylic oxidation sites excluding steroid dienone is 2. The van der Waals surface area contributed by atoms with E-state index in [1.54, 1.807) is 0 Å². The molecule has 2 amide bonds. The molecule has 1 aromatic rings. The van der Waals surface area contributed by atoms with Gasteiger partial charge in [0, 0.05) is 18.8 Å². The first-order valence-electron chi connectivity index (χ1n) is 8.65. The van der Waals surface area contributed by atoms with Gasteiger partial charge in [0.05, 0.1) is 11.8 Å². The van der Waals surface area contributed by atoms with Crippen molar-refractivity contribution in [2.75, 3.05) is 18.4 Å². The van der Waals surface area contributed by atoms with E-state index in [1.807, 2.05) is 17.1 Å². The molecule has 0 bridgehead atoms. The van der Waals surface area contributed by atoms with Crippen molar-refractivity contribution < 1.29 is 14.0 Å². The molecular weight excluding hydrogens is 307 g/mol. The van der Waals surface area contributed by atoms with Crippen molar-refractivity contribution in [3.05, 3.63) is 42.2 Å². The molecule has 4 nitrogen and oxygen atoms in total. The quantitative estimate of drug-likeness (QED) is 0.864. The van der Waals surface area contributed by atoms with Crippen LogP contribution in [-0.2, 0) is 9.59 Å². The standard InChI is InChI=1S/C19H23FN2O2/c20-14-8-10-15(11-9-14)21-18(23)16-6-2-3-7-17(16)19(24)22-12-4-1-5-13-22/h2-3,8-11,16-17H,1,4-7,12-13H2,(H,21,23). The maximum absolute atomic E-state index is 13.0. The molecule has 0 aromatic heterocycles. The third-order valence-corrected chi connectivity index (χ3v) is 4.87. The fourth-order valence-electron chi connectivity index (χ4n) is 3.49. The molecule has 0 spiro atoms. The second-order valence-corrected chi connectivity index (χ2v) is 6.54. The van der Waals surface area contributed by atoms with Gasteiger partial charge in [-0.25, -0.2) is 4.39 Å². The molecule has 5 heteroatoms. The van der Waals surface area contributed by atoms with Crippen LogP contribution in [0.1, 0.15) is 32.1 Å². The predicted octanol–water partition coefficient (Wildman–Crippen LogP) is 3.36. The molecule has 24 heavy (non-hydrogen) atoms. The van der Waals surface area contributed by atoms with Crippen LogP contribution in [0.2, 0.25) is 0 Å². The van der Waals surface area contributed by atoms with Gasteiger partial charge in [-0.1, -0.05) is 12.2 Å². The molecule has 0 radical (unpaired) electrons. The molecule has 1 heterocycles. The zero-order valence-corrected chi connectivity index (χ0v) is 13.7. The van der Waals surface area contributed by atoms with E-state index in [0.29, 0.717) is 18.5 Å². The second kappa shape index (κ2) is 7.60. The van der Waals surface area contributed by atoms with E-state index < -0.39 is 0 Å².